The van der Waals surface area contributed by atoms with Gasteiger partial charge in [-0.1, -0.05) is 23.7 Å². The molecule has 0 aliphatic carbocycles. The molecule has 1 aromatic rings. The van der Waals surface area contributed by atoms with E-state index >= 15 is 0 Å². The van der Waals surface area contributed by atoms with Crippen molar-refractivity contribution in [2.24, 2.45) is 0 Å². The van der Waals surface area contributed by atoms with Crippen molar-refractivity contribution in [3.05, 3.63) is 34.9 Å². The zero-order valence-electron chi connectivity index (χ0n) is 12.8. The van der Waals surface area contributed by atoms with Gasteiger partial charge in [0, 0.05) is 25.3 Å². The second kappa shape index (κ2) is 8.48. The summed E-state index contributed by atoms with van der Waals surface area (Å²) >= 11 is 5.96. The number of benzene rings is 1. The molecule has 1 amide bonds. The Kier molecular flexibility index (Phi) is 6.64. The molecule has 22 heavy (non-hydrogen) atoms. The molecule has 1 aromatic carbocycles. The molecule has 122 valence electrons. The van der Waals surface area contributed by atoms with Crippen LogP contribution in [0.4, 0.5) is 0 Å². The van der Waals surface area contributed by atoms with Gasteiger partial charge >= 0.3 is 0 Å². The lowest BCUT2D eigenvalue weighted by atomic mass is 9.82. The van der Waals surface area contributed by atoms with E-state index in [0.29, 0.717) is 31.5 Å². The van der Waals surface area contributed by atoms with Gasteiger partial charge in [0.1, 0.15) is 6.61 Å². The Morgan fingerprint density at radius 3 is 2.59 bits per heavy atom. The van der Waals surface area contributed by atoms with Crippen LogP contribution in [0, 0.1) is 0 Å². The predicted octanol–water partition coefficient (Wildman–Crippen LogP) is 2.12. The first kappa shape index (κ1) is 17.2. The minimum atomic E-state index is -0.412. The lowest BCUT2D eigenvalue weighted by Gasteiger charge is -2.38. The molecule has 0 atom stereocenters. The molecule has 1 N–H and O–H groups in total. The number of rotatable bonds is 7. The van der Waals surface area contributed by atoms with Crippen molar-refractivity contribution in [1.82, 2.24) is 5.32 Å². The highest BCUT2D eigenvalue weighted by Crippen LogP contribution is 2.32. The van der Waals surface area contributed by atoms with E-state index in [2.05, 4.69) is 5.32 Å². The lowest BCUT2D eigenvalue weighted by Crippen LogP contribution is -2.50. The predicted molar refractivity (Wildman–Crippen MR) is 84.0 cm³/mol. The summed E-state index contributed by atoms with van der Waals surface area (Å²) in [7, 11) is 1.60. The first-order chi connectivity index (χ1) is 10.7. The summed E-state index contributed by atoms with van der Waals surface area (Å²) in [6.07, 6.45) is 1.47. The normalized spacial score (nSPS) is 17.2. The molecular formula is C16H22ClNO4. The molecule has 1 heterocycles. The summed E-state index contributed by atoms with van der Waals surface area (Å²) in [5.74, 6) is -0.132. The second-order valence-corrected chi connectivity index (χ2v) is 5.73. The van der Waals surface area contributed by atoms with Crippen LogP contribution in [0.5, 0.6) is 0 Å². The van der Waals surface area contributed by atoms with Gasteiger partial charge < -0.3 is 19.5 Å². The Bertz CT molecular complexity index is 472. The van der Waals surface area contributed by atoms with Gasteiger partial charge in [0.25, 0.3) is 0 Å². The summed E-state index contributed by atoms with van der Waals surface area (Å²) in [5.41, 5.74) is 0.635. The Balaban J connectivity index is 2.02. The Morgan fingerprint density at radius 1 is 1.27 bits per heavy atom. The van der Waals surface area contributed by atoms with E-state index in [0.717, 1.165) is 18.4 Å². The van der Waals surface area contributed by atoms with Crippen molar-refractivity contribution in [2.45, 2.75) is 18.4 Å². The Hall–Kier alpha value is -1.14. The summed E-state index contributed by atoms with van der Waals surface area (Å²) in [6.45, 7) is 2.14. The van der Waals surface area contributed by atoms with Crippen LogP contribution in [0.25, 0.3) is 0 Å². The summed E-state index contributed by atoms with van der Waals surface area (Å²) in [5, 5.41) is 3.80. The van der Waals surface area contributed by atoms with Crippen LogP contribution in [-0.4, -0.2) is 46.1 Å². The number of nitrogens with one attached hydrogen (secondary N) is 1. The van der Waals surface area contributed by atoms with Gasteiger partial charge in [0.05, 0.1) is 18.8 Å². The van der Waals surface area contributed by atoms with Crippen LogP contribution in [0.3, 0.4) is 0 Å². The number of hydrogen-bond donors (Lipinski definition) is 1. The van der Waals surface area contributed by atoms with Crippen molar-refractivity contribution >= 4 is 17.5 Å². The van der Waals surface area contributed by atoms with Gasteiger partial charge in [-0.3, -0.25) is 4.79 Å². The highest BCUT2D eigenvalue weighted by Gasteiger charge is 2.35. The lowest BCUT2D eigenvalue weighted by molar-refractivity contribution is -0.129. The number of hydrogen-bond acceptors (Lipinski definition) is 4. The third kappa shape index (κ3) is 4.68. The van der Waals surface area contributed by atoms with Gasteiger partial charge in [0.15, 0.2) is 0 Å². The van der Waals surface area contributed by atoms with E-state index < -0.39 is 5.54 Å². The van der Waals surface area contributed by atoms with E-state index in [1.54, 1.807) is 7.11 Å². The maximum absolute atomic E-state index is 12.2. The maximum Gasteiger partial charge on any atom is 0.246 e. The molecule has 0 spiro atoms. The number of carbonyl (C=O) groups is 1. The van der Waals surface area contributed by atoms with Crippen molar-refractivity contribution in [2.75, 3.05) is 40.1 Å². The van der Waals surface area contributed by atoms with Crippen molar-refractivity contribution in [1.29, 1.82) is 0 Å². The van der Waals surface area contributed by atoms with Gasteiger partial charge in [0.2, 0.25) is 5.91 Å². The molecule has 1 aliphatic heterocycles. The van der Waals surface area contributed by atoms with Crippen LogP contribution in [0.2, 0.25) is 5.02 Å². The average molecular weight is 328 g/mol. The van der Waals surface area contributed by atoms with E-state index in [1.165, 1.54) is 0 Å². The molecule has 1 saturated heterocycles. The number of ether oxygens (including phenoxy) is 3. The molecule has 0 radical (unpaired) electrons. The third-order valence-corrected chi connectivity index (χ3v) is 4.04. The monoisotopic (exact) mass is 327 g/mol. The molecule has 1 aliphatic rings. The highest BCUT2D eigenvalue weighted by atomic mass is 35.5. The largest absolute Gasteiger partial charge is 0.382 e. The first-order valence-corrected chi connectivity index (χ1v) is 7.75. The number of methoxy groups -OCH3 is 1. The van der Waals surface area contributed by atoms with Crippen molar-refractivity contribution < 1.29 is 19.0 Å². The number of carbonyl (C=O) groups excluding carboxylic acids is 1. The van der Waals surface area contributed by atoms with E-state index in [1.807, 2.05) is 24.3 Å². The zero-order valence-corrected chi connectivity index (χ0v) is 13.5. The molecule has 0 saturated carbocycles. The van der Waals surface area contributed by atoms with Gasteiger partial charge in [-0.25, -0.2) is 0 Å². The van der Waals surface area contributed by atoms with Gasteiger partial charge in [-0.15, -0.1) is 0 Å². The Morgan fingerprint density at radius 2 is 1.95 bits per heavy atom. The molecule has 6 heteroatoms. The topological polar surface area (TPSA) is 56.8 Å². The van der Waals surface area contributed by atoms with Crippen molar-refractivity contribution in [3.8, 4) is 0 Å². The highest BCUT2D eigenvalue weighted by molar-refractivity contribution is 6.30. The van der Waals surface area contributed by atoms with E-state index in [9.17, 15) is 4.79 Å². The second-order valence-electron chi connectivity index (χ2n) is 5.29. The maximum atomic E-state index is 12.2. The molecule has 1 fully saturated rings. The fourth-order valence-corrected chi connectivity index (χ4v) is 2.71. The van der Waals surface area contributed by atoms with E-state index in [4.69, 9.17) is 25.8 Å². The van der Waals surface area contributed by atoms with Gasteiger partial charge in [-0.2, -0.15) is 0 Å². The average Bonchev–Trinajstić information content (AvgIpc) is 2.53. The summed E-state index contributed by atoms with van der Waals surface area (Å²) < 4.78 is 15.6. The molecule has 0 aromatic heterocycles. The van der Waals surface area contributed by atoms with Crippen molar-refractivity contribution in [3.63, 3.8) is 0 Å². The van der Waals surface area contributed by atoms with Crippen LogP contribution >= 0.6 is 11.6 Å². The summed E-state index contributed by atoms with van der Waals surface area (Å²) in [6, 6.07) is 7.60. The van der Waals surface area contributed by atoms with Crippen LogP contribution in [0.15, 0.2) is 24.3 Å². The fraction of sp³-hybridized carbons (Fsp3) is 0.562. The summed E-state index contributed by atoms with van der Waals surface area (Å²) in [4.78, 5) is 12.2. The zero-order chi connectivity index (χ0) is 15.8. The van der Waals surface area contributed by atoms with E-state index in [-0.39, 0.29) is 12.5 Å². The van der Waals surface area contributed by atoms with Crippen LogP contribution in [-0.2, 0) is 24.5 Å². The van der Waals surface area contributed by atoms with Crippen LogP contribution in [0.1, 0.15) is 18.4 Å². The third-order valence-electron chi connectivity index (χ3n) is 3.79. The molecular weight excluding hydrogens is 306 g/mol. The van der Waals surface area contributed by atoms with Gasteiger partial charge in [-0.05, 0) is 30.5 Å². The number of amides is 1. The SMILES string of the molecule is COCCOCC(=O)NC1(c2ccc(Cl)cc2)CCOCC1. The molecule has 2 rings (SSSR count). The minimum absolute atomic E-state index is 0.0273. The smallest absolute Gasteiger partial charge is 0.246 e. The van der Waals surface area contributed by atoms with Crippen LogP contribution < -0.4 is 5.32 Å². The molecule has 0 unspecified atom stereocenters. The molecule has 5 nitrogen and oxygen atoms in total. The number of halogens is 1. The standard InChI is InChI=1S/C16H22ClNO4/c1-20-10-11-22-12-15(19)18-16(6-8-21-9-7-16)13-2-4-14(17)5-3-13/h2-5H,6-12H2,1H3,(H,18,19). The Labute approximate surface area is 135 Å². The fourth-order valence-electron chi connectivity index (χ4n) is 2.58. The quantitative estimate of drug-likeness (QED) is 0.779. The molecule has 0 bridgehead atoms. The minimum Gasteiger partial charge on any atom is -0.382 e. The first-order valence-electron chi connectivity index (χ1n) is 7.38.